The fourth-order valence-corrected chi connectivity index (χ4v) is 1.75. The molecule has 1 saturated carbocycles. The van der Waals surface area contributed by atoms with Crippen LogP contribution in [0.5, 0.6) is 0 Å². The number of allylic oxidation sites excluding steroid dienone is 2. The van der Waals surface area contributed by atoms with Crippen LogP contribution in [0.4, 0.5) is 0 Å². The molecule has 1 heteroatoms. The number of carbonyl (C=O) groups excluding carboxylic acids is 1. The molecule has 0 heterocycles. The molecule has 0 aliphatic heterocycles. The summed E-state index contributed by atoms with van der Waals surface area (Å²) in [6.45, 7) is 0. The van der Waals surface area contributed by atoms with Crippen LogP contribution in [0.3, 0.4) is 0 Å². The van der Waals surface area contributed by atoms with Crippen LogP contribution in [0.25, 0.3) is 0 Å². The number of hydrogen-bond donors (Lipinski definition) is 0. The van der Waals surface area contributed by atoms with E-state index in [0.717, 1.165) is 18.3 Å². The molecule has 1 aliphatic rings. The third-order valence-corrected chi connectivity index (χ3v) is 2.96. The fraction of sp³-hybridized carbons (Fsp3) is 0.357. The molecule has 0 bridgehead atoms. The quantitative estimate of drug-likeness (QED) is 0.539. The number of carbonyl (C=O) groups is 1. The summed E-state index contributed by atoms with van der Waals surface area (Å²) in [5.74, 6) is 0. The van der Waals surface area contributed by atoms with Gasteiger partial charge in [0.15, 0.2) is 0 Å². The summed E-state index contributed by atoms with van der Waals surface area (Å²) in [4.78, 5) is 10.3. The molecular weight excluding hydrogens is 184 g/mol. The molecule has 1 aliphatic carbocycles. The second-order valence-electron chi connectivity index (χ2n) is 4.11. The summed E-state index contributed by atoms with van der Waals surface area (Å²) in [5, 5.41) is 0. The molecule has 1 fully saturated rings. The van der Waals surface area contributed by atoms with Gasteiger partial charge in [-0.2, -0.15) is 0 Å². The first-order valence-corrected chi connectivity index (χ1v) is 5.58. The zero-order valence-corrected chi connectivity index (χ0v) is 8.91. The Kier molecular flexibility index (Phi) is 3.33. The zero-order valence-electron chi connectivity index (χ0n) is 8.91. The van der Waals surface area contributed by atoms with E-state index in [1.54, 1.807) is 5.57 Å². The standard InChI is InChI=1S/C14H16O/c15-11-10-14-8-6-13(7-9-14)5-4-12-2-1-3-12/h4,6-9,11H,1-3,5,10H2. The Balaban J connectivity index is 1.94. The number of benzene rings is 1. The molecule has 1 aromatic rings. The summed E-state index contributed by atoms with van der Waals surface area (Å²) in [6, 6.07) is 8.33. The van der Waals surface area contributed by atoms with Gasteiger partial charge in [0, 0.05) is 6.42 Å². The van der Waals surface area contributed by atoms with E-state index in [9.17, 15) is 4.79 Å². The van der Waals surface area contributed by atoms with Crippen molar-refractivity contribution in [2.45, 2.75) is 32.1 Å². The summed E-state index contributed by atoms with van der Waals surface area (Å²) in [6.07, 6.45) is 8.82. The van der Waals surface area contributed by atoms with Crippen molar-refractivity contribution in [2.24, 2.45) is 0 Å². The van der Waals surface area contributed by atoms with Gasteiger partial charge in [-0.15, -0.1) is 0 Å². The maximum Gasteiger partial charge on any atom is 0.124 e. The van der Waals surface area contributed by atoms with Gasteiger partial charge >= 0.3 is 0 Å². The molecular formula is C14H16O. The molecule has 0 radical (unpaired) electrons. The molecule has 1 aromatic carbocycles. The lowest BCUT2D eigenvalue weighted by Gasteiger charge is -2.15. The maximum atomic E-state index is 10.3. The van der Waals surface area contributed by atoms with E-state index in [4.69, 9.17) is 0 Å². The average molecular weight is 200 g/mol. The lowest BCUT2D eigenvalue weighted by Crippen LogP contribution is -1.97. The van der Waals surface area contributed by atoms with E-state index in [1.165, 1.54) is 24.8 Å². The highest BCUT2D eigenvalue weighted by atomic mass is 16.1. The fourth-order valence-electron chi connectivity index (χ4n) is 1.75. The first kappa shape index (κ1) is 10.2. The third-order valence-electron chi connectivity index (χ3n) is 2.96. The van der Waals surface area contributed by atoms with Crippen molar-refractivity contribution in [3.05, 3.63) is 47.0 Å². The lowest BCUT2D eigenvalue weighted by atomic mass is 9.91. The smallest absolute Gasteiger partial charge is 0.124 e. The van der Waals surface area contributed by atoms with E-state index in [0.29, 0.717) is 6.42 Å². The molecule has 0 spiro atoms. The van der Waals surface area contributed by atoms with Gasteiger partial charge in [-0.3, -0.25) is 0 Å². The molecule has 0 amide bonds. The Morgan fingerprint density at radius 2 is 1.60 bits per heavy atom. The first-order chi connectivity index (χ1) is 7.38. The summed E-state index contributed by atoms with van der Waals surface area (Å²) < 4.78 is 0. The van der Waals surface area contributed by atoms with Crippen LogP contribution < -0.4 is 0 Å². The van der Waals surface area contributed by atoms with Crippen LogP contribution in [-0.4, -0.2) is 6.29 Å². The van der Waals surface area contributed by atoms with E-state index in [2.05, 4.69) is 18.2 Å². The van der Waals surface area contributed by atoms with Crippen molar-refractivity contribution in [1.29, 1.82) is 0 Å². The Morgan fingerprint density at radius 1 is 1.00 bits per heavy atom. The van der Waals surface area contributed by atoms with Crippen molar-refractivity contribution in [2.75, 3.05) is 0 Å². The Morgan fingerprint density at radius 3 is 2.07 bits per heavy atom. The van der Waals surface area contributed by atoms with E-state index >= 15 is 0 Å². The van der Waals surface area contributed by atoms with Gasteiger partial charge in [-0.25, -0.2) is 0 Å². The summed E-state index contributed by atoms with van der Waals surface area (Å²) in [5.41, 5.74) is 4.04. The Hall–Kier alpha value is -1.37. The lowest BCUT2D eigenvalue weighted by molar-refractivity contribution is -0.107. The van der Waals surface area contributed by atoms with Gasteiger partial charge in [0.25, 0.3) is 0 Å². The molecule has 1 nitrogen and oxygen atoms in total. The minimum absolute atomic E-state index is 0.529. The van der Waals surface area contributed by atoms with Crippen LogP contribution in [0, 0.1) is 0 Å². The second-order valence-corrected chi connectivity index (χ2v) is 4.11. The largest absolute Gasteiger partial charge is 0.303 e. The monoisotopic (exact) mass is 200 g/mol. The van der Waals surface area contributed by atoms with E-state index < -0.39 is 0 Å². The predicted molar refractivity (Wildman–Crippen MR) is 61.8 cm³/mol. The molecule has 15 heavy (non-hydrogen) atoms. The van der Waals surface area contributed by atoms with Crippen LogP contribution in [0.1, 0.15) is 30.4 Å². The first-order valence-electron chi connectivity index (χ1n) is 5.58. The van der Waals surface area contributed by atoms with Gasteiger partial charge in [0.1, 0.15) is 6.29 Å². The molecule has 0 saturated heterocycles. The highest BCUT2D eigenvalue weighted by Gasteiger charge is 2.06. The van der Waals surface area contributed by atoms with Crippen molar-refractivity contribution in [1.82, 2.24) is 0 Å². The predicted octanol–water partition coefficient (Wildman–Crippen LogP) is 3.08. The van der Waals surface area contributed by atoms with Crippen LogP contribution in [-0.2, 0) is 17.6 Å². The van der Waals surface area contributed by atoms with Gasteiger partial charge in [-0.05, 0) is 36.8 Å². The molecule has 2 rings (SSSR count). The average Bonchev–Trinajstić information content (AvgIpc) is 2.19. The Labute approximate surface area is 90.8 Å². The third kappa shape index (κ3) is 2.79. The van der Waals surface area contributed by atoms with Gasteiger partial charge < -0.3 is 4.79 Å². The topological polar surface area (TPSA) is 17.1 Å². The van der Waals surface area contributed by atoms with Gasteiger partial charge in [0.2, 0.25) is 0 Å². The van der Waals surface area contributed by atoms with E-state index in [1.807, 2.05) is 12.1 Å². The molecule has 78 valence electrons. The van der Waals surface area contributed by atoms with Crippen LogP contribution in [0.2, 0.25) is 0 Å². The van der Waals surface area contributed by atoms with Gasteiger partial charge in [-0.1, -0.05) is 35.9 Å². The minimum atomic E-state index is 0.529. The van der Waals surface area contributed by atoms with Gasteiger partial charge in [0.05, 0.1) is 0 Å². The van der Waals surface area contributed by atoms with Crippen molar-refractivity contribution < 1.29 is 4.79 Å². The van der Waals surface area contributed by atoms with Crippen LogP contribution in [0.15, 0.2) is 35.9 Å². The Bertz CT molecular complexity index is 353. The summed E-state index contributed by atoms with van der Waals surface area (Å²) in [7, 11) is 0. The molecule has 0 aromatic heterocycles. The molecule has 0 atom stereocenters. The second kappa shape index (κ2) is 4.92. The molecule has 0 unspecified atom stereocenters. The normalized spacial score (nSPS) is 14.5. The summed E-state index contributed by atoms with van der Waals surface area (Å²) >= 11 is 0. The highest BCUT2D eigenvalue weighted by Crippen LogP contribution is 2.25. The molecule has 0 N–H and O–H groups in total. The SMILES string of the molecule is O=CCc1ccc(CC=C2CCC2)cc1. The van der Waals surface area contributed by atoms with E-state index in [-0.39, 0.29) is 0 Å². The highest BCUT2D eigenvalue weighted by molar-refractivity contribution is 5.54. The van der Waals surface area contributed by atoms with Crippen molar-refractivity contribution in [3.63, 3.8) is 0 Å². The van der Waals surface area contributed by atoms with Crippen molar-refractivity contribution in [3.8, 4) is 0 Å². The number of aldehydes is 1. The van der Waals surface area contributed by atoms with Crippen molar-refractivity contribution >= 4 is 6.29 Å². The number of rotatable bonds is 4. The zero-order chi connectivity index (χ0) is 10.5. The minimum Gasteiger partial charge on any atom is -0.303 e. The van der Waals surface area contributed by atoms with Crippen LogP contribution >= 0.6 is 0 Å². The number of hydrogen-bond acceptors (Lipinski definition) is 1. The maximum absolute atomic E-state index is 10.3.